The van der Waals surface area contributed by atoms with Crippen LogP contribution in [0.2, 0.25) is 0 Å². The van der Waals surface area contributed by atoms with Crippen molar-refractivity contribution in [1.29, 1.82) is 5.26 Å². The van der Waals surface area contributed by atoms with Crippen molar-refractivity contribution in [2.75, 3.05) is 11.9 Å². The van der Waals surface area contributed by atoms with Gasteiger partial charge in [0.25, 0.3) is 0 Å². The summed E-state index contributed by atoms with van der Waals surface area (Å²) in [6.45, 7) is 0.330. The normalized spacial score (nSPS) is 11.2. The summed E-state index contributed by atoms with van der Waals surface area (Å²) in [5.74, 6) is 0.640. The van der Waals surface area contributed by atoms with Gasteiger partial charge in [-0.3, -0.25) is 4.68 Å². The lowest BCUT2D eigenvalue weighted by Crippen LogP contribution is -2.20. The Morgan fingerprint density at radius 2 is 2.10 bits per heavy atom. The van der Waals surface area contributed by atoms with Crippen LogP contribution in [0.5, 0.6) is 0 Å². The van der Waals surface area contributed by atoms with Crippen LogP contribution in [0.15, 0.2) is 24.5 Å². The van der Waals surface area contributed by atoms with E-state index >= 15 is 0 Å². The van der Waals surface area contributed by atoms with Crippen molar-refractivity contribution in [3.63, 3.8) is 0 Å². The lowest BCUT2D eigenvalue weighted by molar-refractivity contribution is -0.137. The predicted molar refractivity (Wildman–Crippen MR) is 69.3 cm³/mol. The van der Waals surface area contributed by atoms with Crippen LogP contribution in [-0.4, -0.2) is 21.8 Å². The smallest absolute Gasteiger partial charge is 0.366 e. The SMILES string of the molecule is CN(Cc1ncnn1C)c1ccc(C(F)(F)F)cc1C#N. The van der Waals surface area contributed by atoms with E-state index in [0.717, 1.165) is 12.1 Å². The molecule has 0 aliphatic rings. The number of benzene rings is 1. The van der Waals surface area contributed by atoms with Crippen LogP contribution in [-0.2, 0) is 19.8 Å². The molecule has 0 radical (unpaired) electrons. The lowest BCUT2D eigenvalue weighted by Gasteiger charge is -2.20. The summed E-state index contributed by atoms with van der Waals surface area (Å²) in [6.07, 6.45) is -3.08. The quantitative estimate of drug-likeness (QED) is 0.872. The molecule has 0 atom stereocenters. The zero-order valence-electron chi connectivity index (χ0n) is 11.4. The molecular weight excluding hydrogens is 283 g/mol. The monoisotopic (exact) mass is 295 g/mol. The summed E-state index contributed by atoms with van der Waals surface area (Å²) in [5, 5.41) is 13.0. The molecular formula is C13H12F3N5. The number of rotatable bonds is 3. The van der Waals surface area contributed by atoms with Gasteiger partial charge in [-0.25, -0.2) is 4.98 Å². The second kappa shape index (κ2) is 5.44. The molecule has 0 aliphatic carbocycles. The second-order valence-corrected chi connectivity index (χ2v) is 4.50. The van der Waals surface area contributed by atoms with E-state index in [0.29, 0.717) is 18.1 Å². The van der Waals surface area contributed by atoms with Gasteiger partial charge in [0, 0.05) is 14.1 Å². The Bertz CT molecular complexity index is 684. The molecule has 1 aromatic carbocycles. The van der Waals surface area contributed by atoms with Gasteiger partial charge in [0.1, 0.15) is 18.2 Å². The van der Waals surface area contributed by atoms with Gasteiger partial charge in [0.15, 0.2) is 0 Å². The summed E-state index contributed by atoms with van der Waals surface area (Å²) in [7, 11) is 3.40. The van der Waals surface area contributed by atoms with Crippen molar-refractivity contribution in [2.24, 2.45) is 7.05 Å². The first-order valence-electron chi connectivity index (χ1n) is 5.98. The van der Waals surface area contributed by atoms with E-state index in [4.69, 9.17) is 5.26 Å². The van der Waals surface area contributed by atoms with Crippen molar-refractivity contribution in [3.05, 3.63) is 41.5 Å². The molecule has 0 saturated heterocycles. The van der Waals surface area contributed by atoms with Crippen LogP contribution in [0.1, 0.15) is 17.0 Å². The molecule has 110 valence electrons. The molecule has 0 N–H and O–H groups in total. The predicted octanol–water partition coefficient (Wildman–Crippen LogP) is 2.34. The minimum absolute atomic E-state index is 0.0329. The Morgan fingerprint density at radius 3 is 2.62 bits per heavy atom. The first-order chi connectivity index (χ1) is 9.82. The van der Waals surface area contributed by atoms with Gasteiger partial charge in [0.2, 0.25) is 0 Å². The number of halogens is 3. The molecule has 5 nitrogen and oxygen atoms in total. The van der Waals surface area contributed by atoms with E-state index in [1.165, 1.54) is 12.4 Å². The highest BCUT2D eigenvalue weighted by atomic mass is 19.4. The average Bonchev–Trinajstić information content (AvgIpc) is 2.82. The zero-order valence-corrected chi connectivity index (χ0v) is 11.4. The Balaban J connectivity index is 2.31. The number of hydrogen-bond donors (Lipinski definition) is 0. The summed E-state index contributed by atoms with van der Waals surface area (Å²) in [5.41, 5.74) is -0.460. The van der Waals surface area contributed by atoms with Gasteiger partial charge >= 0.3 is 6.18 Å². The summed E-state index contributed by atoms with van der Waals surface area (Å²) in [6, 6.07) is 4.90. The maximum absolute atomic E-state index is 12.7. The largest absolute Gasteiger partial charge is 0.416 e. The minimum atomic E-state index is -4.47. The summed E-state index contributed by atoms with van der Waals surface area (Å²) in [4.78, 5) is 5.70. The van der Waals surface area contributed by atoms with E-state index in [1.807, 2.05) is 0 Å². The zero-order chi connectivity index (χ0) is 15.6. The summed E-state index contributed by atoms with van der Waals surface area (Å²) >= 11 is 0. The van der Waals surface area contributed by atoms with Crippen LogP contribution >= 0.6 is 0 Å². The van der Waals surface area contributed by atoms with Crippen LogP contribution in [0.25, 0.3) is 0 Å². The average molecular weight is 295 g/mol. The van der Waals surface area contributed by atoms with Crippen LogP contribution in [0.4, 0.5) is 18.9 Å². The van der Waals surface area contributed by atoms with Crippen molar-refractivity contribution < 1.29 is 13.2 Å². The first kappa shape index (κ1) is 14.8. The topological polar surface area (TPSA) is 57.7 Å². The lowest BCUT2D eigenvalue weighted by atomic mass is 10.1. The highest BCUT2D eigenvalue weighted by Crippen LogP contribution is 2.32. The number of nitrogens with zero attached hydrogens (tertiary/aromatic N) is 5. The number of aryl methyl sites for hydroxylation is 1. The molecule has 2 rings (SSSR count). The molecule has 8 heteroatoms. The maximum Gasteiger partial charge on any atom is 0.416 e. The Labute approximate surface area is 119 Å². The van der Waals surface area contributed by atoms with Gasteiger partial charge in [0.05, 0.1) is 23.4 Å². The molecule has 2 aromatic rings. The number of alkyl halides is 3. The second-order valence-electron chi connectivity index (χ2n) is 4.50. The van der Waals surface area contributed by atoms with Gasteiger partial charge in [-0.05, 0) is 18.2 Å². The van der Waals surface area contributed by atoms with Crippen molar-refractivity contribution >= 4 is 5.69 Å². The van der Waals surface area contributed by atoms with Gasteiger partial charge in [-0.15, -0.1) is 0 Å². The summed E-state index contributed by atoms with van der Waals surface area (Å²) < 4.78 is 39.5. The molecule has 0 spiro atoms. The van der Waals surface area contributed by atoms with Crippen molar-refractivity contribution in [1.82, 2.24) is 14.8 Å². The molecule has 0 saturated carbocycles. The number of nitriles is 1. The van der Waals surface area contributed by atoms with E-state index in [9.17, 15) is 13.2 Å². The molecule has 1 heterocycles. The van der Waals surface area contributed by atoms with Crippen LogP contribution in [0, 0.1) is 11.3 Å². The van der Waals surface area contributed by atoms with E-state index < -0.39 is 11.7 Å². The Morgan fingerprint density at radius 1 is 1.38 bits per heavy atom. The Hall–Kier alpha value is -2.56. The van der Waals surface area contributed by atoms with E-state index in [2.05, 4.69) is 10.1 Å². The molecule has 0 unspecified atom stereocenters. The highest BCUT2D eigenvalue weighted by molar-refractivity contribution is 5.60. The number of aromatic nitrogens is 3. The van der Waals surface area contributed by atoms with Crippen molar-refractivity contribution in [2.45, 2.75) is 12.7 Å². The van der Waals surface area contributed by atoms with Crippen LogP contribution in [0.3, 0.4) is 0 Å². The molecule has 0 bridgehead atoms. The van der Waals surface area contributed by atoms with E-state index in [1.54, 1.807) is 29.7 Å². The fourth-order valence-electron chi connectivity index (χ4n) is 1.90. The van der Waals surface area contributed by atoms with Crippen molar-refractivity contribution in [3.8, 4) is 6.07 Å². The van der Waals surface area contributed by atoms with Gasteiger partial charge < -0.3 is 4.90 Å². The third-order valence-electron chi connectivity index (χ3n) is 3.04. The van der Waals surface area contributed by atoms with Gasteiger partial charge in [-0.2, -0.15) is 23.5 Å². The molecule has 0 fully saturated rings. The number of anilines is 1. The van der Waals surface area contributed by atoms with E-state index in [-0.39, 0.29) is 5.56 Å². The first-order valence-corrected chi connectivity index (χ1v) is 5.98. The fraction of sp³-hybridized carbons (Fsp3) is 0.308. The minimum Gasteiger partial charge on any atom is -0.366 e. The molecule has 1 aromatic heterocycles. The molecule has 0 aliphatic heterocycles. The fourth-order valence-corrected chi connectivity index (χ4v) is 1.90. The number of hydrogen-bond acceptors (Lipinski definition) is 4. The van der Waals surface area contributed by atoms with Crippen LogP contribution < -0.4 is 4.90 Å². The Kier molecular flexibility index (Phi) is 3.84. The third kappa shape index (κ3) is 3.13. The van der Waals surface area contributed by atoms with Gasteiger partial charge in [-0.1, -0.05) is 0 Å². The molecule has 21 heavy (non-hydrogen) atoms. The molecule has 0 amide bonds. The third-order valence-corrected chi connectivity index (χ3v) is 3.04. The maximum atomic E-state index is 12.7. The standard InChI is InChI=1S/C13H12F3N5/c1-20(7-12-18-8-19-21(12)2)11-4-3-10(13(14,15)16)5-9(11)6-17/h3-5,8H,7H2,1-2H3. The highest BCUT2D eigenvalue weighted by Gasteiger charge is 2.31.